The van der Waals surface area contributed by atoms with Gasteiger partial charge in [-0.25, -0.2) is 0 Å². The molecule has 0 aliphatic rings. The van der Waals surface area contributed by atoms with Crippen LogP contribution in [0, 0.1) is 13.8 Å². The van der Waals surface area contributed by atoms with Crippen LogP contribution in [-0.2, 0) is 13.0 Å². The molecule has 0 bridgehead atoms. The van der Waals surface area contributed by atoms with Gasteiger partial charge in [0, 0.05) is 6.54 Å². The number of carbonyl (C=O) groups is 1. The quantitative estimate of drug-likeness (QED) is 0.378. The van der Waals surface area contributed by atoms with Gasteiger partial charge in [-0.15, -0.1) is 0 Å². The number of nitrogens with zero attached hydrogens (tertiary/aromatic N) is 1. The lowest BCUT2D eigenvalue weighted by molar-refractivity contribution is 0.0950. The number of amides is 1. The minimum Gasteiger partial charge on any atom is -0.493 e. The van der Waals surface area contributed by atoms with Crippen molar-refractivity contribution in [1.82, 2.24) is 10.5 Å². The maximum atomic E-state index is 13.2. The van der Waals surface area contributed by atoms with Gasteiger partial charge in [-0.2, -0.15) is 0 Å². The summed E-state index contributed by atoms with van der Waals surface area (Å²) in [6, 6.07) is 17.4. The molecule has 0 radical (unpaired) electrons. The van der Waals surface area contributed by atoms with Crippen molar-refractivity contribution in [2.24, 2.45) is 0 Å². The highest BCUT2D eigenvalue weighted by molar-refractivity contribution is 6.01. The number of aryl methyl sites for hydroxylation is 2. The van der Waals surface area contributed by atoms with Crippen LogP contribution in [0.4, 0.5) is 0 Å². The molecule has 1 aromatic heterocycles. The number of rotatable bonds is 9. The van der Waals surface area contributed by atoms with Crippen LogP contribution in [0.25, 0.3) is 10.8 Å². The molecule has 0 aliphatic carbocycles. The lowest BCUT2D eigenvalue weighted by Crippen LogP contribution is -2.26. The maximum Gasteiger partial charge on any atom is 0.255 e. The van der Waals surface area contributed by atoms with Gasteiger partial charge >= 0.3 is 0 Å². The van der Waals surface area contributed by atoms with Crippen molar-refractivity contribution in [2.75, 3.05) is 20.8 Å². The molecule has 1 heterocycles. The van der Waals surface area contributed by atoms with Gasteiger partial charge in [0.2, 0.25) is 0 Å². The van der Waals surface area contributed by atoms with E-state index in [0.717, 1.165) is 27.6 Å². The van der Waals surface area contributed by atoms with Gasteiger partial charge in [-0.1, -0.05) is 35.5 Å². The Kier molecular flexibility index (Phi) is 7.01. The predicted octanol–water partition coefficient (Wildman–Crippen LogP) is 5.01. The number of aromatic nitrogens is 1. The third-order valence-corrected chi connectivity index (χ3v) is 5.79. The topological polar surface area (TPSA) is 82.8 Å². The molecular formula is C27H28N2O5. The molecule has 176 valence electrons. The van der Waals surface area contributed by atoms with E-state index in [1.807, 2.05) is 68.4 Å². The zero-order chi connectivity index (χ0) is 24.1. The van der Waals surface area contributed by atoms with E-state index in [4.69, 9.17) is 18.7 Å². The summed E-state index contributed by atoms with van der Waals surface area (Å²) in [4.78, 5) is 13.2. The SMILES string of the molecule is COc1ccc(CCNC(=O)c2cc3ccccc3cc2OCc2c(C)noc2C)cc1OC. The van der Waals surface area contributed by atoms with Gasteiger partial charge in [0.25, 0.3) is 5.91 Å². The first-order valence-corrected chi connectivity index (χ1v) is 11.1. The molecular weight excluding hydrogens is 432 g/mol. The van der Waals surface area contributed by atoms with E-state index in [9.17, 15) is 4.79 Å². The van der Waals surface area contributed by atoms with E-state index in [2.05, 4.69) is 10.5 Å². The summed E-state index contributed by atoms with van der Waals surface area (Å²) in [6.07, 6.45) is 0.648. The third kappa shape index (κ3) is 4.98. The first-order valence-electron chi connectivity index (χ1n) is 11.1. The zero-order valence-corrected chi connectivity index (χ0v) is 19.8. The van der Waals surface area contributed by atoms with E-state index in [1.54, 1.807) is 14.2 Å². The molecule has 1 amide bonds. The van der Waals surface area contributed by atoms with Crippen LogP contribution in [0.3, 0.4) is 0 Å². The number of carbonyl (C=O) groups excluding carboxylic acids is 1. The van der Waals surface area contributed by atoms with E-state index >= 15 is 0 Å². The second-order valence-corrected chi connectivity index (χ2v) is 7.98. The molecule has 0 saturated heterocycles. The minimum absolute atomic E-state index is 0.194. The predicted molar refractivity (Wildman–Crippen MR) is 130 cm³/mol. The highest BCUT2D eigenvalue weighted by atomic mass is 16.5. The zero-order valence-electron chi connectivity index (χ0n) is 19.8. The fourth-order valence-corrected chi connectivity index (χ4v) is 3.83. The molecule has 34 heavy (non-hydrogen) atoms. The molecule has 0 spiro atoms. The first-order chi connectivity index (χ1) is 16.5. The smallest absolute Gasteiger partial charge is 0.255 e. The number of methoxy groups -OCH3 is 2. The van der Waals surface area contributed by atoms with Crippen molar-refractivity contribution >= 4 is 16.7 Å². The largest absolute Gasteiger partial charge is 0.493 e. The molecule has 0 atom stereocenters. The monoisotopic (exact) mass is 460 g/mol. The van der Waals surface area contributed by atoms with Crippen LogP contribution in [-0.4, -0.2) is 31.8 Å². The summed E-state index contributed by atoms with van der Waals surface area (Å²) in [5.41, 5.74) is 3.18. The summed E-state index contributed by atoms with van der Waals surface area (Å²) in [5, 5.41) is 8.96. The summed E-state index contributed by atoms with van der Waals surface area (Å²) < 4.78 is 22.0. The number of fused-ring (bicyclic) bond motifs is 1. The van der Waals surface area contributed by atoms with Crippen molar-refractivity contribution in [3.63, 3.8) is 0 Å². The van der Waals surface area contributed by atoms with E-state index in [-0.39, 0.29) is 12.5 Å². The lowest BCUT2D eigenvalue weighted by atomic mass is 10.0. The molecule has 0 aliphatic heterocycles. The second-order valence-electron chi connectivity index (χ2n) is 7.98. The van der Waals surface area contributed by atoms with Crippen molar-refractivity contribution in [3.8, 4) is 17.2 Å². The Morgan fingerprint density at radius 1 is 0.941 bits per heavy atom. The molecule has 4 rings (SSSR count). The standard InChI is InChI=1S/C27H28N2O5/c1-17-23(18(2)34-29-17)16-33-25-15-21-8-6-5-7-20(21)14-22(25)27(30)28-12-11-19-9-10-24(31-3)26(13-19)32-4/h5-10,13-15H,11-12,16H2,1-4H3,(H,28,30). The van der Waals surface area contributed by atoms with Crippen LogP contribution in [0.5, 0.6) is 17.2 Å². The Balaban J connectivity index is 1.51. The number of benzene rings is 3. The fraction of sp³-hybridized carbons (Fsp3) is 0.259. The van der Waals surface area contributed by atoms with Crippen LogP contribution in [0.15, 0.2) is 59.1 Å². The van der Waals surface area contributed by atoms with Crippen molar-refractivity contribution in [3.05, 3.63) is 82.7 Å². The Hall–Kier alpha value is -4.00. The minimum atomic E-state index is -0.194. The third-order valence-electron chi connectivity index (χ3n) is 5.79. The van der Waals surface area contributed by atoms with Gasteiger partial charge in [0.05, 0.1) is 31.0 Å². The van der Waals surface area contributed by atoms with Crippen LogP contribution in [0.2, 0.25) is 0 Å². The van der Waals surface area contributed by atoms with Gasteiger partial charge in [0.1, 0.15) is 18.1 Å². The number of hydrogen-bond donors (Lipinski definition) is 1. The number of nitrogens with one attached hydrogen (secondary N) is 1. The van der Waals surface area contributed by atoms with Gasteiger partial charge in [-0.3, -0.25) is 4.79 Å². The molecule has 7 heteroatoms. The molecule has 0 unspecified atom stereocenters. The van der Waals surface area contributed by atoms with Crippen molar-refractivity contribution < 1.29 is 23.5 Å². The molecule has 0 saturated carbocycles. The average molecular weight is 461 g/mol. The van der Waals surface area contributed by atoms with Gasteiger partial charge in [-0.05, 0) is 60.9 Å². The molecule has 3 aromatic carbocycles. The second kappa shape index (κ2) is 10.3. The summed E-state index contributed by atoms with van der Waals surface area (Å²) in [6.45, 7) is 4.45. The Bertz CT molecular complexity index is 1290. The number of hydrogen-bond acceptors (Lipinski definition) is 6. The number of ether oxygens (including phenoxy) is 3. The van der Waals surface area contributed by atoms with E-state index < -0.39 is 0 Å². The van der Waals surface area contributed by atoms with Crippen molar-refractivity contribution in [1.29, 1.82) is 0 Å². The first kappa shape index (κ1) is 23.2. The summed E-state index contributed by atoms with van der Waals surface area (Å²) in [5.74, 6) is 2.36. The Morgan fingerprint density at radius 3 is 2.35 bits per heavy atom. The highest BCUT2D eigenvalue weighted by Crippen LogP contribution is 2.29. The Morgan fingerprint density at radius 2 is 1.68 bits per heavy atom. The fourth-order valence-electron chi connectivity index (χ4n) is 3.83. The van der Waals surface area contributed by atoms with Crippen LogP contribution in [0.1, 0.15) is 32.9 Å². The lowest BCUT2D eigenvalue weighted by Gasteiger charge is -2.14. The van der Waals surface area contributed by atoms with Gasteiger partial charge in [0.15, 0.2) is 11.5 Å². The Labute approximate surface area is 198 Å². The normalized spacial score (nSPS) is 10.8. The van der Waals surface area contributed by atoms with E-state index in [1.165, 1.54) is 0 Å². The van der Waals surface area contributed by atoms with Crippen LogP contribution < -0.4 is 19.5 Å². The molecule has 0 fully saturated rings. The van der Waals surface area contributed by atoms with Crippen LogP contribution >= 0.6 is 0 Å². The highest BCUT2D eigenvalue weighted by Gasteiger charge is 2.17. The van der Waals surface area contributed by atoms with Gasteiger partial charge < -0.3 is 24.1 Å². The summed E-state index contributed by atoms with van der Waals surface area (Å²) in [7, 11) is 3.21. The molecule has 7 nitrogen and oxygen atoms in total. The maximum absolute atomic E-state index is 13.2. The van der Waals surface area contributed by atoms with E-state index in [0.29, 0.717) is 41.5 Å². The average Bonchev–Trinajstić information content (AvgIpc) is 3.18. The molecule has 1 N–H and O–H groups in total. The van der Waals surface area contributed by atoms with Crippen molar-refractivity contribution in [2.45, 2.75) is 26.9 Å². The molecule has 4 aromatic rings. The summed E-state index contributed by atoms with van der Waals surface area (Å²) >= 11 is 0.